The Labute approximate surface area is 304 Å². The van der Waals surface area contributed by atoms with E-state index in [0.717, 1.165) is 19.3 Å². The molecule has 0 aliphatic heterocycles. The Kier molecular flexibility index (Phi) is 8.43. The minimum absolute atomic E-state index is 0.371. The maximum atomic E-state index is 2.46. The van der Waals surface area contributed by atoms with Crippen molar-refractivity contribution in [1.82, 2.24) is 0 Å². The van der Waals surface area contributed by atoms with Gasteiger partial charge in [-0.1, -0.05) is 165 Å². The van der Waals surface area contributed by atoms with Crippen molar-refractivity contribution in [2.45, 2.75) is 38.0 Å². The average Bonchev–Trinajstić information content (AvgIpc) is 3.67. The van der Waals surface area contributed by atoms with Crippen molar-refractivity contribution < 1.29 is 0 Å². The normalized spacial score (nSPS) is 12.9. The van der Waals surface area contributed by atoms with E-state index in [1.54, 1.807) is 0 Å². The van der Waals surface area contributed by atoms with Gasteiger partial charge in [-0.3, -0.25) is 0 Å². The number of hydrogen-bond acceptors (Lipinski definition) is 1. The van der Waals surface area contributed by atoms with E-state index < -0.39 is 0 Å². The standard InChI is InChI=1S/C50H40S/c1-34(32-37(36-18-6-3-7-19-36)29-28-35-16-4-2-5-17-35)48-42-24-12-14-26-44(42)50(45-27-15-13-25-43(45)48)47-31-30-46(51-47)49-40-22-10-8-20-38(40)33-39-21-9-11-23-41(39)49/h2-27,30-31,33-34,37H,28-29,32H2,1H3. The summed E-state index contributed by atoms with van der Waals surface area (Å²) in [5, 5.41) is 10.6. The first-order valence-corrected chi connectivity index (χ1v) is 19.1. The van der Waals surface area contributed by atoms with E-state index in [0.29, 0.717) is 11.8 Å². The van der Waals surface area contributed by atoms with Crippen LogP contribution in [0.2, 0.25) is 0 Å². The molecule has 1 heteroatoms. The summed E-state index contributed by atoms with van der Waals surface area (Å²) in [6.07, 6.45) is 3.31. The van der Waals surface area contributed by atoms with Gasteiger partial charge in [0.15, 0.2) is 0 Å². The Balaban J connectivity index is 1.17. The molecule has 8 aromatic carbocycles. The van der Waals surface area contributed by atoms with Gasteiger partial charge < -0.3 is 0 Å². The highest BCUT2D eigenvalue weighted by atomic mass is 32.1. The van der Waals surface area contributed by atoms with Gasteiger partial charge in [-0.25, -0.2) is 0 Å². The predicted molar refractivity (Wildman–Crippen MR) is 222 cm³/mol. The number of fused-ring (bicyclic) bond motifs is 4. The van der Waals surface area contributed by atoms with Crippen molar-refractivity contribution >= 4 is 54.4 Å². The van der Waals surface area contributed by atoms with Crippen molar-refractivity contribution in [3.8, 4) is 20.9 Å². The molecular formula is C50H40S. The summed E-state index contributed by atoms with van der Waals surface area (Å²) in [5.74, 6) is 0.838. The Morgan fingerprint density at radius 3 is 1.47 bits per heavy atom. The number of aryl methyl sites for hydroxylation is 1. The quantitative estimate of drug-likeness (QED) is 0.134. The third-order valence-electron chi connectivity index (χ3n) is 10.9. The lowest BCUT2D eigenvalue weighted by molar-refractivity contribution is 0.528. The van der Waals surface area contributed by atoms with Gasteiger partial charge in [0.25, 0.3) is 0 Å². The summed E-state index contributed by atoms with van der Waals surface area (Å²) in [6, 6.07) is 65.2. The lowest BCUT2D eigenvalue weighted by Gasteiger charge is -2.25. The largest absolute Gasteiger partial charge is 0.135 e. The first-order valence-electron chi connectivity index (χ1n) is 18.3. The van der Waals surface area contributed by atoms with Gasteiger partial charge in [0.05, 0.1) is 0 Å². The summed E-state index contributed by atoms with van der Waals surface area (Å²) in [5.41, 5.74) is 7.01. The molecule has 0 aliphatic rings. The highest BCUT2D eigenvalue weighted by Gasteiger charge is 2.23. The Morgan fingerprint density at radius 2 is 0.902 bits per heavy atom. The zero-order valence-corrected chi connectivity index (χ0v) is 29.7. The van der Waals surface area contributed by atoms with E-state index in [-0.39, 0.29) is 0 Å². The van der Waals surface area contributed by atoms with Crippen LogP contribution in [-0.4, -0.2) is 0 Å². The number of rotatable bonds is 9. The van der Waals surface area contributed by atoms with Gasteiger partial charge in [-0.05, 0) is 109 Å². The van der Waals surface area contributed by atoms with Crippen molar-refractivity contribution in [3.05, 3.63) is 193 Å². The lowest BCUT2D eigenvalue weighted by atomic mass is 9.79. The van der Waals surface area contributed by atoms with Gasteiger partial charge in [-0.15, -0.1) is 11.3 Å². The van der Waals surface area contributed by atoms with Crippen molar-refractivity contribution in [2.24, 2.45) is 0 Å². The molecule has 0 nitrogen and oxygen atoms in total. The number of thiophene rings is 1. The van der Waals surface area contributed by atoms with E-state index in [2.05, 4.69) is 183 Å². The summed E-state index contributed by atoms with van der Waals surface area (Å²) < 4.78 is 0. The highest BCUT2D eigenvalue weighted by molar-refractivity contribution is 7.19. The number of hydrogen-bond donors (Lipinski definition) is 0. The Hall–Kier alpha value is -5.50. The smallest absolute Gasteiger partial charge is 0.0361 e. The van der Waals surface area contributed by atoms with Crippen molar-refractivity contribution in [1.29, 1.82) is 0 Å². The molecule has 0 amide bonds. The molecule has 1 aromatic heterocycles. The van der Waals surface area contributed by atoms with Gasteiger partial charge in [-0.2, -0.15) is 0 Å². The van der Waals surface area contributed by atoms with E-state index in [1.807, 2.05) is 11.3 Å². The third kappa shape index (κ3) is 5.92. The van der Waals surface area contributed by atoms with Gasteiger partial charge >= 0.3 is 0 Å². The zero-order chi connectivity index (χ0) is 34.1. The first kappa shape index (κ1) is 31.5. The second-order valence-electron chi connectivity index (χ2n) is 14.0. The van der Waals surface area contributed by atoms with E-state index >= 15 is 0 Å². The van der Waals surface area contributed by atoms with Gasteiger partial charge in [0, 0.05) is 20.9 Å². The molecule has 0 spiro atoms. The second kappa shape index (κ2) is 13.7. The summed E-state index contributed by atoms with van der Waals surface area (Å²) in [7, 11) is 0. The van der Waals surface area contributed by atoms with Crippen LogP contribution in [0, 0.1) is 0 Å². The zero-order valence-electron chi connectivity index (χ0n) is 28.9. The Morgan fingerprint density at radius 1 is 0.451 bits per heavy atom. The predicted octanol–water partition coefficient (Wildman–Crippen LogP) is 14.6. The summed E-state index contributed by atoms with van der Waals surface area (Å²) in [4.78, 5) is 2.63. The molecule has 0 bridgehead atoms. The van der Waals surface area contributed by atoms with E-state index in [1.165, 1.54) is 80.7 Å². The molecule has 0 N–H and O–H groups in total. The molecule has 2 unspecified atom stereocenters. The minimum atomic E-state index is 0.371. The van der Waals surface area contributed by atoms with E-state index in [9.17, 15) is 0 Å². The minimum Gasteiger partial charge on any atom is -0.135 e. The van der Waals surface area contributed by atoms with Crippen LogP contribution in [0.3, 0.4) is 0 Å². The fourth-order valence-electron chi connectivity index (χ4n) is 8.52. The molecule has 2 atom stereocenters. The topological polar surface area (TPSA) is 0 Å². The van der Waals surface area contributed by atoms with Crippen LogP contribution < -0.4 is 0 Å². The highest BCUT2D eigenvalue weighted by Crippen LogP contribution is 2.48. The monoisotopic (exact) mass is 672 g/mol. The molecule has 0 fully saturated rings. The van der Waals surface area contributed by atoms with Crippen LogP contribution in [0.25, 0.3) is 64.0 Å². The maximum Gasteiger partial charge on any atom is 0.0361 e. The molecule has 246 valence electrons. The molecule has 9 rings (SSSR count). The van der Waals surface area contributed by atoms with Crippen LogP contribution in [0.1, 0.15) is 48.3 Å². The van der Waals surface area contributed by atoms with Crippen LogP contribution in [0.15, 0.2) is 176 Å². The third-order valence-corrected chi connectivity index (χ3v) is 12.0. The Bertz CT molecular complexity index is 2520. The maximum absolute atomic E-state index is 2.46. The molecule has 9 aromatic rings. The van der Waals surface area contributed by atoms with Crippen molar-refractivity contribution in [2.75, 3.05) is 0 Å². The van der Waals surface area contributed by atoms with Crippen molar-refractivity contribution in [3.63, 3.8) is 0 Å². The molecule has 1 heterocycles. The summed E-state index contributed by atoms with van der Waals surface area (Å²) in [6.45, 7) is 2.46. The number of benzene rings is 8. The van der Waals surface area contributed by atoms with E-state index in [4.69, 9.17) is 0 Å². The molecule has 0 saturated heterocycles. The van der Waals surface area contributed by atoms with Crippen LogP contribution in [0.5, 0.6) is 0 Å². The fraction of sp³-hybridized carbons (Fsp3) is 0.120. The SMILES string of the molecule is CC(CC(CCc1ccccc1)c1ccccc1)c1c2ccccc2c(-c2ccc(-c3c4ccccc4cc4ccccc34)s2)c2ccccc12. The second-order valence-corrected chi connectivity index (χ2v) is 15.1. The van der Waals surface area contributed by atoms with Crippen LogP contribution in [0.4, 0.5) is 0 Å². The molecular weight excluding hydrogens is 633 g/mol. The molecule has 0 saturated carbocycles. The fourth-order valence-corrected chi connectivity index (χ4v) is 9.67. The first-order chi connectivity index (χ1) is 25.2. The van der Waals surface area contributed by atoms with Gasteiger partial charge in [0.1, 0.15) is 0 Å². The lowest BCUT2D eigenvalue weighted by Crippen LogP contribution is -2.07. The van der Waals surface area contributed by atoms with Crippen LogP contribution >= 0.6 is 11.3 Å². The molecule has 0 aliphatic carbocycles. The summed E-state index contributed by atoms with van der Waals surface area (Å²) >= 11 is 1.93. The molecule has 51 heavy (non-hydrogen) atoms. The average molecular weight is 673 g/mol. The molecule has 0 radical (unpaired) electrons. The van der Waals surface area contributed by atoms with Crippen LogP contribution in [-0.2, 0) is 6.42 Å². The van der Waals surface area contributed by atoms with Gasteiger partial charge in [0.2, 0.25) is 0 Å².